The minimum atomic E-state index is -0.686. The van der Waals surface area contributed by atoms with Gasteiger partial charge in [0.25, 0.3) is 0 Å². The molecule has 0 bridgehead atoms. The number of aliphatic hydroxyl groups excluding tert-OH is 1. The Balaban J connectivity index is 2.12. The van der Waals surface area contributed by atoms with Crippen LogP contribution in [0.1, 0.15) is 0 Å². The second kappa shape index (κ2) is 2.26. The highest BCUT2D eigenvalue weighted by Crippen LogP contribution is 1.94. The summed E-state index contributed by atoms with van der Waals surface area (Å²) in [5, 5.41) is 8.56. The van der Waals surface area contributed by atoms with Crippen LogP contribution in [-0.4, -0.2) is 31.2 Å². The summed E-state index contributed by atoms with van der Waals surface area (Å²) in [6.07, 6.45) is -0.686. The maximum Gasteiger partial charge on any atom is 0.178 e. The molecule has 1 fully saturated rings. The minimum Gasteiger partial charge on any atom is -0.374 e. The third kappa shape index (κ3) is 1.43. The Morgan fingerprint density at radius 2 is 2.29 bits per heavy atom. The molecular weight excluding hydrogens is 96.0 g/mol. The Kier molecular flexibility index (Phi) is 1.62. The quantitative estimate of drug-likeness (QED) is 0.444. The van der Waals surface area contributed by atoms with Crippen LogP contribution in [-0.2, 0) is 9.47 Å². The highest BCUT2D eigenvalue weighted by Gasteiger charge is 2.07. The van der Waals surface area contributed by atoms with E-state index in [-0.39, 0.29) is 0 Å². The van der Waals surface area contributed by atoms with E-state index >= 15 is 0 Å². The molecule has 0 spiro atoms. The number of rotatable bonds is 0. The monoisotopic (exact) mass is 104 g/mol. The number of hydrogen-bond donors (Lipinski definition) is 1. The second-order valence-corrected chi connectivity index (χ2v) is 1.40. The van der Waals surface area contributed by atoms with Crippen LogP contribution in [0.5, 0.6) is 0 Å². The lowest BCUT2D eigenvalue weighted by atomic mass is 10.6. The normalized spacial score (nSPS) is 33.0. The minimum absolute atomic E-state index is 0.319. The second-order valence-electron chi connectivity index (χ2n) is 1.40. The van der Waals surface area contributed by atoms with Crippen molar-refractivity contribution in [3.63, 3.8) is 0 Å². The molecule has 3 nitrogen and oxygen atoms in total. The maximum absolute atomic E-state index is 8.56. The first-order chi connectivity index (χ1) is 3.39. The summed E-state index contributed by atoms with van der Waals surface area (Å²) in [7, 11) is 0. The number of hydrogen-bond acceptors (Lipinski definition) is 3. The molecule has 1 aliphatic heterocycles. The zero-order valence-corrected chi connectivity index (χ0v) is 3.96. The predicted octanol–water partition coefficient (Wildman–Crippen LogP) is -0.648. The Bertz CT molecular complexity index is 48.9. The van der Waals surface area contributed by atoms with Crippen molar-refractivity contribution in [3.05, 3.63) is 0 Å². The van der Waals surface area contributed by atoms with E-state index in [0.717, 1.165) is 0 Å². The molecule has 0 amide bonds. The molecule has 1 rings (SSSR count). The number of ether oxygens (including phenoxy) is 2. The molecule has 42 valence electrons. The van der Waals surface area contributed by atoms with Crippen LogP contribution >= 0.6 is 0 Å². The molecule has 1 saturated heterocycles. The van der Waals surface area contributed by atoms with Crippen LogP contribution < -0.4 is 0 Å². The maximum atomic E-state index is 8.56. The molecule has 0 radical (unpaired) electrons. The lowest BCUT2D eigenvalue weighted by Crippen LogP contribution is -2.27. The largest absolute Gasteiger partial charge is 0.374 e. The van der Waals surface area contributed by atoms with Crippen molar-refractivity contribution < 1.29 is 14.6 Å². The fourth-order valence-electron chi connectivity index (χ4n) is 0.475. The molecule has 0 unspecified atom stereocenters. The molecule has 0 saturated carbocycles. The van der Waals surface area contributed by atoms with Crippen molar-refractivity contribution in [2.24, 2.45) is 0 Å². The van der Waals surface area contributed by atoms with Gasteiger partial charge >= 0.3 is 0 Å². The van der Waals surface area contributed by atoms with Crippen molar-refractivity contribution >= 4 is 0 Å². The fourth-order valence-corrected chi connectivity index (χ4v) is 0.475. The SMILES string of the molecule is O[C@H]1COCCO1. The van der Waals surface area contributed by atoms with Crippen LogP contribution in [0.4, 0.5) is 0 Å². The molecule has 0 aromatic carbocycles. The number of aliphatic hydroxyl groups is 1. The van der Waals surface area contributed by atoms with Crippen LogP contribution in [0.25, 0.3) is 0 Å². The van der Waals surface area contributed by atoms with E-state index in [1.807, 2.05) is 0 Å². The van der Waals surface area contributed by atoms with Gasteiger partial charge in [-0.15, -0.1) is 0 Å². The lowest BCUT2D eigenvalue weighted by molar-refractivity contribution is -0.184. The average Bonchev–Trinajstić information content (AvgIpc) is 1.69. The van der Waals surface area contributed by atoms with E-state index in [2.05, 4.69) is 0 Å². The summed E-state index contributed by atoms with van der Waals surface area (Å²) in [6, 6.07) is 0. The van der Waals surface area contributed by atoms with Gasteiger partial charge in [-0.1, -0.05) is 0 Å². The molecular formula is C4H8O3. The van der Waals surface area contributed by atoms with E-state index in [4.69, 9.17) is 14.6 Å². The molecule has 7 heavy (non-hydrogen) atoms. The molecule has 0 aromatic heterocycles. The third-order valence-electron chi connectivity index (χ3n) is 0.798. The molecule has 1 heterocycles. The van der Waals surface area contributed by atoms with Gasteiger partial charge in [0, 0.05) is 0 Å². The first kappa shape index (κ1) is 5.03. The van der Waals surface area contributed by atoms with E-state index < -0.39 is 6.29 Å². The lowest BCUT2D eigenvalue weighted by Gasteiger charge is -2.16. The smallest absolute Gasteiger partial charge is 0.178 e. The summed E-state index contributed by atoms with van der Waals surface area (Å²) in [6.45, 7) is 1.44. The van der Waals surface area contributed by atoms with Gasteiger partial charge < -0.3 is 14.6 Å². The van der Waals surface area contributed by atoms with Gasteiger partial charge in [0.15, 0.2) is 6.29 Å². The summed E-state index contributed by atoms with van der Waals surface area (Å²) < 4.78 is 9.52. The molecule has 3 heteroatoms. The van der Waals surface area contributed by atoms with Gasteiger partial charge in [0.05, 0.1) is 19.8 Å². The Morgan fingerprint density at radius 1 is 1.43 bits per heavy atom. The summed E-state index contributed by atoms with van der Waals surface area (Å²) >= 11 is 0. The van der Waals surface area contributed by atoms with Gasteiger partial charge in [-0.2, -0.15) is 0 Å². The highest BCUT2D eigenvalue weighted by molar-refractivity contribution is 4.43. The molecule has 0 aliphatic carbocycles. The van der Waals surface area contributed by atoms with E-state index in [1.165, 1.54) is 0 Å². The highest BCUT2D eigenvalue weighted by atomic mass is 16.7. The molecule has 0 aromatic rings. The summed E-state index contributed by atoms with van der Waals surface area (Å²) in [4.78, 5) is 0. The van der Waals surface area contributed by atoms with Crippen LogP contribution in [0, 0.1) is 0 Å². The van der Waals surface area contributed by atoms with Crippen molar-refractivity contribution in [3.8, 4) is 0 Å². The van der Waals surface area contributed by atoms with Crippen molar-refractivity contribution in [1.82, 2.24) is 0 Å². The molecule has 1 N–H and O–H groups in total. The van der Waals surface area contributed by atoms with Crippen LogP contribution in [0.2, 0.25) is 0 Å². The van der Waals surface area contributed by atoms with E-state index in [9.17, 15) is 0 Å². The first-order valence-electron chi connectivity index (χ1n) is 2.27. The predicted molar refractivity (Wildman–Crippen MR) is 22.8 cm³/mol. The zero-order valence-electron chi connectivity index (χ0n) is 3.96. The average molecular weight is 104 g/mol. The zero-order chi connectivity index (χ0) is 5.11. The van der Waals surface area contributed by atoms with Crippen LogP contribution in [0.15, 0.2) is 0 Å². The van der Waals surface area contributed by atoms with Gasteiger partial charge in [0.2, 0.25) is 0 Å². The topological polar surface area (TPSA) is 38.7 Å². The first-order valence-corrected chi connectivity index (χ1v) is 2.27. The standard InChI is InChI=1S/C4H8O3/c5-4-3-6-1-2-7-4/h4-5H,1-3H2/t4-/m1/s1. The van der Waals surface area contributed by atoms with E-state index in [1.54, 1.807) is 0 Å². The Morgan fingerprint density at radius 3 is 2.57 bits per heavy atom. The Labute approximate surface area is 41.8 Å². The van der Waals surface area contributed by atoms with Gasteiger partial charge in [-0.05, 0) is 0 Å². The summed E-state index contributed by atoms with van der Waals surface area (Å²) in [5.41, 5.74) is 0. The van der Waals surface area contributed by atoms with Gasteiger partial charge in [0.1, 0.15) is 0 Å². The van der Waals surface area contributed by atoms with Crippen molar-refractivity contribution in [2.75, 3.05) is 19.8 Å². The van der Waals surface area contributed by atoms with Gasteiger partial charge in [-0.25, -0.2) is 0 Å². The van der Waals surface area contributed by atoms with E-state index in [0.29, 0.717) is 19.8 Å². The Hall–Kier alpha value is -0.120. The third-order valence-corrected chi connectivity index (χ3v) is 0.798. The fraction of sp³-hybridized carbons (Fsp3) is 1.00. The summed E-state index contributed by atoms with van der Waals surface area (Å²) in [5.74, 6) is 0. The van der Waals surface area contributed by atoms with Crippen molar-refractivity contribution in [2.45, 2.75) is 6.29 Å². The molecule has 1 aliphatic rings. The van der Waals surface area contributed by atoms with Gasteiger partial charge in [-0.3, -0.25) is 0 Å². The van der Waals surface area contributed by atoms with Crippen LogP contribution in [0.3, 0.4) is 0 Å². The van der Waals surface area contributed by atoms with Crippen molar-refractivity contribution in [1.29, 1.82) is 0 Å². The molecule has 1 atom stereocenters.